The molecule has 0 bridgehead atoms. The van der Waals surface area contributed by atoms with Crippen LogP contribution in [0.3, 0.4) is 0 Å². The molecule has 1 N–H and O–H groups in total. The van der Waals surface area contributed by atoms with Gasteiger partial charge in [-0.2, -0.15) is 5.10 Å². The summed E-state index contributed by atoms with van der Waals surface area (Å²) < 4.78 is 2.84. The zero-order valence-corrected chi connectivity index (χ0v) is 12.2. The Morgan fingerprint density at radius 3 is 2.65 bits per heavy atom. The number of aryl methyl sites for hydroxylation is 1. The summed E-state index contributed by atoms with van der Waals surface area (Å²) in [5.74, 6) is 0. The van der Waals surface area contributed by atoms with Crippen molar-refractivity contribution >= 4 is 15.9 Å². The minimum Gasteiger partial charge on any atom is -0.386 e. The van der Waals surface area contributed by atoms with E-state index >= 15 is 0 Å². The van der Waals surface area contributed by atoms with Gasteiger partial charge < -0.3 is 5.11 Å². The molecule has 0 saturated heterocycles. The summed E-state index contributed by atoms with van der Waals surface area (Å²) >= 11 is 3.52. The summed E-state index contributed by atoms with van der Waals surface area (Å²) in [6.45, 7) is 5.05. The normalized spacial score (nSPS) is 20.7. The molecule has 1 aromatic rings. The van der Waals surface area contributed by atoms with E-state index in [9.17, 15) is 5.11 Å². The van der Waals surface area contributed by atoms with Gasteiger partial charge in [0.05, 0.1) is 16.4 Å². The zero-order valence-electron chi connectivity index (χ0n) is 10.6. The molecule has 1 heterocycles. The van der Waals surface area contributed by atoms with Crippen LogP contribution in [0.1, 0.15) is 57.7 Å². The van der Waals surface area contributed by atoms with Gasteiger partial charge in [0.25, 0.3) is 0 Å². The van der Waals surface area contributed by atoms with Gasteiger partial charge in [0.15, 0.2) is 0 Å². The summed E-state index contributed by atoms with van der Waals surface area (Å²) in [6, 6.07) is 0. The van der Waals surface area contributed by atoms with Crippen molar-refractivity contribution in [2.45, 2.75) is 58.6 Å². The van der Waals surface area contributed by atoms with E-state index in [-0.39, 0.29) is 5.41 Å². The predicted molar refractivity (Wildman–Crippen MR) is 71.8 cm³/mol. The molecule has 2 rings (SSSR count). The van der Waals surface area contributed by atoms with Crippen molar-refractivity contribution in [3.63, 3.8) is 0 Å². The van der Waals surface area contributed by atoms with Crippen LogP contribution >= 0.6 is 15.9 Å². The molecule has 3 nitrogen and oxygen atoms in total. The third-order valence-electron chi connectivity index (χ3n) is 4.28. The lowest BCUT2D eigenvalue weighted by atomic mass is 9.76. The quantitative estimate of drug-likeness (QED) is 0.921. The minimum absolute atomic E-state index is 0.0650. The van der Waals surface area contributed by atoms with Crippen LogP contribution in [0.4, 0.5) is 0 Å². The van der Waals surface area contributed by atoms with Gasteiger partial charge >= 0.3 is 0 Å². The fraction of sp³-hybridized carbons (Fsp3) is 0.769. The van der Waals surface area contributed by atoms with E-state index in [0.717, 1.165) is 36.0 Å². The Kier molecular flexibility index (Phi) is 3.93. The highest BCUT2D eigenvalue weighted by molar-refractivity contribution is 9.10. The zero-order chi connectivity index (χ0) is 12.5. The average Bonchev–Trinajstić information content (AvgIpc) is 2.95. The molecule has 4 heteroatoms. The SMILES string of the molecule is CCn1ncc(Br)c1C(O)C1(CC)CCCC1. The van der Waals surface area contributed by atoms with Crippen LogP contribution < -0.4 is 0 Å². The highest BCUT2D eigenvalue weighted by Crippen LogP contribution is 2.50. The Bertz CT molecular complexity index is 383. The first kappa shape index (κ1) is 13.1. The second-order valence-corrected chi connectivity index (χ2v) is 5.87. The van der Waals surface area contributed by atoms with Gasteiger partial charge in [-0.05, 0) is 42.1 Å². The van der Waals surface area contributed by atoms with Crippen LogP contribution in [0.25, 0.3) is 0 Å². The molecule has 1 saturated carbocycles. The van der Waals surface area contributed by atoms with E-state index < -0.39 is 6.10 Å². The van der Waals surface area contributed by atoms with E-state index in [0.29, 0.717) is 0 Å². The van der Waals surface area contributed by atoms with Crippen molar-refractivity contribution in [1.82, 2.24) is 9.78 Å². The molecule has 0 aromatic carbocycles. The fourth-order valence-corrected chi connectivity index (χ4v) is 3.60. The summed E-state index contributed by atoms with van der Waals surface area (Å²) in [5.41, 5.74) is 1.02. The topological polar surface area (TPSA) is 38.0 Å². The van der Waals surface area contributed by atoms with E-state index in [1.807, 2.05) is 4.68 Å². The van der Waals surface area contributed by atoms with Gasteiger partial charge in [0, 0.05) is 12.0 Å². The lowest BCUT2D eigenvalue weighted by Gasteiger charge is -2.33. The van der Waals surface area contributed by atoms with E-state index in [4.69, 9.17) is 0 Å². The van der Waals surface area contributed by atoms with Crippen molar-refractivity contribution in [2.75, 3.05) is 0 Å². The van der Waals surface area contributed by atoms with E-state index in [2.05, 4.69) is 34.9 Å². The van der Waals surface area contributed by atoms with Crippen molar-refractivity contribution in [1.29, 1.82) is 0 Å². The second kappa shape index (κ2) is 5.11. The van der Waals surface area contributed by atoms with Gasteiger partial charge in [-0.25, -0.2) is 0 Å². The Balaban J connectivity index is 2.35. The number of halogens is 1. The molecule has 1 unspecified atom stereocenters. The summed E-state index contributed by atoms with van der Waals surface area (Å²) in [6.07, 6.45) is 7.17. The standard InChI is InChI=1S/C13H21BrN2O/c1-3-13(7-5-6-8-13)12(17)11-10(14)9-15-16(11)4-2/h9,12,17H,3-8H2,1-2H3. The van der Waals surface area contributed by atoms with Gasteiger partial charge in [0.1, 0.15) is 6.10 Å². The van der Waals surface area contributed by atoms with Crippen LogP contribution in [-0.2, 0) is 6.54 Å². The summed E-state index contributed by atoms with van der Waals surface area (Å²) in [7, 11) is 0. The van der Waals surface area contributed by atoms with Crippen LogP contribution in [0.5, 0.6) is 0 Å². The van der Waals surface area contributed by atoms with Crippen LogP contribution in [0, 0.1) is 5.41 Å². The van der Waals surface area contributed by atoms with Crippen molar-refractivity contribution < 1.29 is 5.11 Å². The smallest absolute Gasteiger partial charge is 0.102 e. The monoisotopic (exact) mass is 300 g/mol. The molecule has 17 heavy (non-hydrogen) atoms. The number of aliphatic hydroxyl groups is 1. The number of aliphatic hydroxyl groups excluding tert-OH is 1. The van der Waals surface area contributed by atoms with E-state index in [1.165, 1.54) is 12.8 Å². The molecule has 0 radical (unpaired) electrons. The van der Waals surface area contributed by atoms with Crippen LogP contribution in [0.2, 0.25) is 0 Å². The average molecular weight is 301 g/mol. The van der Waals surface area contributed by atoms with Gasteiger partial charge in [0.2, 0.25) is 0 Å². The van der Waals surface area contributed by atoms with Gasteiger partial charge in [-0.15, -0.1) is 0 Å². The number of hydrogen-bond donors (Lipinski definition) is 1. The molecule has 1 aliphatic carbocycles. The number of rotatable bonds is 4. The first-order valence-electron chi connectivity index (χ1n) is 6.54. The molecule has 0 aliphatic heterocycles. The largest absolute Gasteiger partial charge is 0.386 e. The summed E-state index contributed by atoms with van der Waals surface area (Å²) in [4.78, 5) is 0. The number of hydrogen-bond acceptors (Lipinski definition) is 2. The maximum absolute atomic E-state index is 10.8. The Labute approximate surface area is 111 Å². The fourth-order valence-electron chi connectivity index (χ4n) is 3.09. The molecule has 1 atom stereocenters. The Morgan fingerprint density at radius 2 is 2.12 bits per heavy atom. The maximum Gasteiger partial charge on any atom is 0.102 e. The lowest BCUT2D eigenvalue weighted by Crippen LogP contribution is -2.27. The molecule has 0 amide bonds. The third kappa shape index (κ3) is 2.17. The molecular weight excluding hydrogens is 280 g/mol. The maximum atomic E-state index is 10.8. The van der Waals surface area contributed by atoms with Crippen LogP contribution in [-0.4, -0.2) is 14.9 Å². The minimum atomic E-state index is -0.396. The predicted octanol–water partition coefficient (Wildman–Crippen LogP) is 3.67. The summed E-state index contributed by atoms with van der Waals surface area (Å²) in [5, 5.41) is 15.1. The van der Waals surface area contributed by atoms with Crippen LogP contribution in [0.15, 0.2) is 10.7 Å². The second-order valence-electron chi connectivity index (χ2n) is 5.02. The first-order valence-corrected chi connectivity index (χ1v) is 7.33. The lowest BCUT2D eigenvalue weighted by molar-refractivity contribution is 0.0166. The number of aromatic nitrogens is 2. The van der Waals surface area contributed by atoms with E-state index in [1.54, 1.807) is 6.20 Å². The number of nitrogens with zero attached hydrogens (tertiary/aromatic N) is 2. The third-order valence-corrected chi connectivity index (χ3v) is 4.89. The first-order chi connectivity index (χ1) is 8.14. The molecule has 0 spiro atoms. The molecular formula is C13H21BrN2O. The highest BCUT2D eigenvalue weighted by atomic mass is 79.9. The van der Waals surface area contributed by atoms with Gasteiger partial charge in [-0.1, -0.05) is 19.8 Å². The Hall–Kier alpha value is -0.350. The highest BCUT2D eigenvalue weighted by Gasteiger charge is 2.41. The van der Waals surface area contributed by atoms with Gasteiger partial charge in [-0.3, -0.25) is 4.68 Å². The van der Waals surface area contributed by atoms with Crippen molar-refractivity contribution in [3.8, 4) is 0 Å². The van der Waals surface area contributed by atoms with Crippen molar-refractivity contribution in [2.24, 2.45) is 5.41 Å². The van der Waals surface area contributed by atoms with Crippen molar-refractivity contribution in [3.05, 3.63) is 16.4 Å². The molecule has 1 fully saturated rings. The Morgan fingerprint density at radius 1 is 1.47 bits per heavy atom. The molecule has 96 valence electrons. The molecule has 1 aliphatic rings. The molecule has 1 aromatic heterocycles.